The Balaban J connectivity index is 0.00000121. The number of rotatable bonds is 0. The fraction of sp³-hybridized carbons (Fsp3) is 0.562. The van der Waals surface area contributed by atoms with Crippen LogP contribution in [0.1, 0.15) is 37.7 Å². The maximum absolute atomic E-state index is 13.1. The first-order valence-corrected chi connectivity index (χ1v) is 7.43. The van der Waals surface area contributed by atoms with E-state index in [0.717, 1.165) is 18.7 Å². The highest BCUT2D eigenvalue weighted by Crippen LogP contribution is 2.54. The summed E-state index contributed by atoms with van der Waals surface area (Å²) >= 11 is 0. The Morgan fingerprint density at radius 3 is 2.60 bits per heavy atom. The van der Waals surface area contributed by atoms with Crippen LogP contribution in [0, 0.1) is 0 Å². The second-order valence-electron chi connectivity index (χ2n) is 6.39. The number of likely N-dealkylation sites (N-methyl/N-ethyl adjacent to an activating group) is 1. The van der Waals surface area contributed by atoms with Crippen molar-refractivity contribution in [1.82, 2.24) is 0 Å². The van der Waals surface area contributed by atoms with Crippen LogP contribution in [-0.2, 0) is 10.2 Å². The quantitative estimate of drug-likeness (QED) is 0.601. The molecule has 1 saturated heterocycles. The molecule has 20 heavy (non-hydrogen) atoms. The number of nitrogens with zero attached hydrogens (tertiary/aromatic N) is 1. The Kier molecular flexibility index (Phi) is 3.11. The molecule has 0 aromatic heterocycles. The monoisotopic (exact) mass is 292 g/mol. The number of halogens is 1. The molecule has 1 aromatic carbocycles. The molecule has 4 heteroatoms. The number of hydrogen-bond acceptors (Lipinski definition) is 1. The topological polar surface area (TPSA) is 36.9 Å². The summed E-state index contributed by atoms with van der Waals surface area (Å²) < 4.78 is 0. The second kappa shape index (κ2) is 4.47. The predicted molar refractivity (Wildman–Crippen MR) is 74.1 cm³/mol. The van der Waals surface area contributed by atoms with Crippen LogP contribution in [0.2, 0.25) is 0 Å². The van der Waals surface area contributed by atoms with Gasteiger partial charge < -0.3 is 22.6 Å². The molecule has 2 N–H and O–H groups in total. The van der Waals surface area contributed by atoms with Crippen LogP contribution >= 0.6 is 0 Å². The van der Waals surface area contributed by atoms with Crippen LogP contribution in [0.25, 0.3) is 0 Å². The number of quaternary nitrogens is 1. The molecule has 0 bridgehead atoms. The molecule has 1 aliphatic carbocycles. The van der Waals surface area contributed by atoms with E-state index in [0.29, 0.717) is 5.91 Å². The molecule has 1 aromatic rings. The number of hydrogen-bond donors (Lipinski definition) is 1. The number of nitrogens with two attached hydrogens (primary N) is 1. The Bertz CT molecular complexity index is 548. The summed E-state index contributed by atoms with van der Waals surface area (Å²) in [6.45, 7) is 1.09. The highest BCUT2D eigenvalue weighted by molar-refractivity contribution is 6.09. The van der Waals surface area contributed by atoms with E-state index in [-0.39, 0.29) is 23.4 Å². The molecule has 1 unspecified atom stereocenters. The van der Waals surface area contributed by atoms with Gasteiger partial charge in [-0.05, 0) is 24.5 Å². The summed E-state index contributed by atoms with van der Waals surface area (Å²) in [6, 6.07) is 8.43. The fourth-order valence-electron chi connectivity index (χ4n) is 4.99. The first-order valence-electron chi connectivity index (χ1n) is 7.43. The van der Waals surface area contributed by atoms with Crippen LogP contribution in [0.15, 0.2) is 24.3 Å². The molecule has 0 radical (unpaired) electrons. The van der Waals surface area contributed by atoms with Gasteiger partial charge in [-0.2, -0.15) is 0 Å². The molecule has 4 rings (SSSR count). The molecule has 2 spiro atoms. The summed E-state index contributed by atoms with van der Waals surface area (Å²) in [7, 11) is 1.94. The molecule has 1 atom stereocenters. The van der Waals surface area contributed by atoms with Gasteiger partial charge in [0.15, 0.2) is 0 Å². The molecule has 108 valence electrons. The Morgan fingerprint density at radius 1 is 1.15 bits per heavy atom. The minimum atomic E-state index is -0.241. The molecule has 2 aliphatic heterocycles. The van der Waals surface area contributed by atoms with Crippen molar-refractivity contribution in [2.45, 2.75) is 43.1 Å². The zero-order valence-corrected chi connectivity index (χ0v) is 12.6. The third-order valence-electron chi connectivity index (χ3n) is 5.80. The van der Waals surface area contributed by atoms with Crippen LogP contribution in [0.3, 0.4) is 0 Å². The van der Waals surface area contributed by atoms with E-state index in [1.54, 1.807) is 0 Å². The van der Waals surface area contributed by atoms with E-state index in [1.807, 2.05) is 18.0 Å². The van der Waals surface area contributed by atoms with Crippen molar-refractivity contribution in [3.8, 4) is 0 Å². The Hall–Kier alpha value is -1.06. The maximum atomic E-state index is 13.1. The first-order chi connectivity index (χ1) is 9.21. The second-order valence-corrected chi connectivity index (χ2v) is 6.39. The van der Waals surface area contributed by atoms with Crippen LogP contribution < -0.4 is 22.6 Å². The lowest BCUT2D eigenvalue weighted by Gasteiger charge is -2.36. The average Bonchev–Trinajstić information content (AvgIpc) is 3.11. The summed E-state index contributed by atoms with van der Waals surface area (Å²) in [4.78, 5) is 15.0. The number of para-hydroxylation sites is 1. The summed E-state index contributed by atoms with van der Waals surface area (Å²) in [6.07, 6.45) is 5.95. The average molecular weight is 293 g/mol. The normalized spacial score (nSPS) is 30.1. The number of carbonyl (C=O) groups excluding carboxylic acids is 1. The van der Waals surface area contributed by atoms with Crippen molar-refractivity contribution < 1.29 is 22.5 Å². The van der Waals surface area contributed by atoms with E-state index in [4.69, 9.17) is 0 Å². The van der Waals surface area contributed by atoms with Gasteiger partial charge in [0.2, 0.25) is 5.91 Å². The third-order valence-corrected chi connectivity index (χ3v) is 5.80. The van der Waals surface area contributed by atoms with Crippen LogP contribution in [-0.4, -0.2) is 25.0 Å². The van der Waals surface area contributed by atoms with Crippen molar-refractivity contribution in [2.75, 3.05) is 18.5 Å². The van der Waals surface area contributed by atoms with E-state index in [1.165, 1.54) is 31.2 Å². The number of benzene rings is 1. The number of amides is 1. The van der Waals surface area contributed by atoms with Crippen LogP contribution in [0.4, 0.5) is 5.69 Å². The number of fused-ring (bicyclic) bond motifs is 3. The molecule has 1 amide bonds. The van der Waals surface area contributed by atoms with Gasteiger partial charge in [-0.1, -0.05) is 18.2 Å². The van der Waals surface area contributed by atoms with Gasteiger partial charge in [0, 0.05) is 32.0 Å². The lowest BCUT2D eigenvalue weighted by molar-refractivity contribution is -0.710. The maximum Gasteiger partial charge on any atom is 0.244 e. The smallest absolute Gasteiger partial charge is 0.244 e. The highest BCUT2D eigenvalue weighted by atomic mass is 35.5. The van der Waals surface area contributed by atoms with Crippen molar-refractivity contribution in [3.63, 3.8) is 0 Å². The molecular formula is C16H21ClN2O. The van der Waals surface area contributed by atoms with Crippen molar-refractivity contribution >= 4 is 11.6 Å². The molecular weight excluding hydrogens is 272 g/mol. The SMILES string of the molecule is CN1C(=O)C2(CC[NH2+]C23CCCC3)c2ccccc21.[Cl-]. The van der Waals surface area contributed by atoms with Crippen molar-refractivity contribution in [2.24, 2.45) is 0 Å². The Labute approximate surface area is 126 Å². The fourth-order valence-corrected chi connectivity index (χ4v) is 4.99. The number of carbonyl (C=O) groups is 1. The van der Waals surface area contributed by atoms with Gasteiger partial charge in [0.1, 0.15) is 11.0 Å². The molecule has 2 heterocycles. The highest BCUT2D eigenvalue weighted by Gasteiger charge is 2.68. The predicted octanol–water partition coefficient (Wildman–Crippen LogP) is -1.82. The molecule has 2 fully saturated rings. The zero-order chi connectivity index (χ0) is 13.1. The molecule has 3 nitrogen and oxygen atoms in total. The Morgan fingerprint density at radius 2 is 1.85 bits per heavy atom. The van der Waals surface area contributed by atoms with Crippen molar-refractivity contribution in [3.05, 3.63) is 29.8 Å². The standard InChI is InChI=1S/C16H20N2O.ClH/c1-18-13-7-3-2-6-12(13)16(14(18)19)10-11-17-15(16)8-4-5-9-15;/h2-3,6-7,17H,4-5,8-11H2,1H3;1H. The zero-order valence-electron chi connectivity index (χ0n) is 11.9. The number of anilines is 1. The first kappa shape index (κ1) is 13.9. The van der Waals surface area contributed by atoms with Gasteiger partial charge in [-0.25, -0.2) is 0 Å². The molecule has 1 saturated carbocycles. The largest absolute Gasteiger partial charge is 1.00 e. The lowest BCUT2D eigenvalue weighted by Crippen LogP contribution is -3.00. The summed E-state index contributed by atoms with van der Waals surface area (Å²) in [5.41, 5.74) is 2.33. The van der Waals surface area contributed by atoms with Gasteiger partial charge in [-0.3, -0.25) is 4.79 Å². The minimum Gasteiger partial charge on any atom is -1.00 e. The van der Waals surface area contributed by atoms with Gasteiger partial charge in [-0.15, -0.1) is 0 Å². The summed E-state index contributed by atoms with van der Waals surface area (Å²) in [5, 5.41) is 2.48. The van der Waals surface area contributed by atoms with Gasteiger partial charge in [0.05, 0.1) is 6.54 Å². The van der Waals surface area contributed by atoms with E-state index in [9.17, 15) is 4.79 Å². The van der Waals surface area contributed by atoms with E-state index >= 15 is 0 Å². The van der Waals surface area contributed by atoms with Crippen molar-refractivity contribution in [1.29, 1.82) is 0 Å². The van der Waals surface area contributed by atoms with E-state index in [2.05, 4.69) is 23.5 Å². The lowest BCUT2D eigenvalue weighted by atomic mass is 9.65. The molecule has 3 aliphatic rings. The summed E-state index contributed by atoms with van der Waals surface area (Å²) in [5.74, 6) is 0.337. The van der Waals surface area contributed by atoms with Gasteiger partial charge >= 0.3 is 0 Å². The van der Waals surface area contributed by atoms with Crippen LogP contribution in [0.5, 0.6) is 0 Å². The van der Waals surface area contributed by atoms with Gasteiger partial charge in [0.25, 0.3) is 0 Å². The minimum absolute atomic E-state index is 0. The van der Waals surface area contributed by atoms with E-state index < -0.39 is 0 Å². The third kappa shape index (κ3) is 1.38.